The van der Waals surface area contributed by atoms with Crippen molar-refractivity contribution in [3.8, 4) is 11.5 Å². The Kier molecular flexibility index (Phi) is 2.51. The van der Waals surface area contributed by atoms with Crippen LogP contribution in [0.3, 0.4) is 0 Å². The molecular weight excluding hydrogens is 210 g/mol. The van der Waals surface area contributed by atoms with Crippen molar-refractivity contribution in [2.75, 3.05) is 0 Å². The number of aldehydes is 1. The number of carbonyl (C=O) groups excluding carboxylic acids is 1. The number of carboxylic acid groups (broad SMARTS) is 1. The highest BCUT2D eigenvalue weighted by Gasteiger charge is 2.10. The lowest BCUT2D eigenvalue weighted by Gasteiger charge is -1.95. The van der Waals surface area contributed by atoms with Crippen molar-refractivity contribution in [1.29, 1.82) is 0 Å². The first-order chi connectivity index (χ1) is 7.70. The second kappa shape index (κ2) is 3.98. The zero-order valence-corrected chi connectivity index (χ0v) is 8.08. The highest BCUT2D eigenvalue weighted by atomic mass is 16.4. The van der Waals surface area contributed by atoms with E-state index in [1.807, 2.05) is 0 Å². The van der Waals surface area contributed by atoms with Gasteiger partial charge in [0.1, 0.15) is 5.69 Å². The van der Waals surface area contributed by atoms with Crippen LogP contribution in [0.5, 0.6) is 0 Å². The molecule has 0 fully saturated rings. The van der Waals surface area contributed by atoms with Gasteiger partial charge < -0.3 is 9.52 Å². The maximum atomic E-state index is 10.6. The third-order valence-electron chi connectivity index (χ3n) is 1.99. The minimum Gasteiger partial charge on any atom is -0.475 e. The van der Waals surface area contributed by atoms with E-state index in [1.165, 1.54) is 18.3 Å². The first-order valence-electron chi connectivity index (χ1n) is 4.45. The van der Waals surface area contributed by atoms with Gasteiger partial charge >= 0.3 is 5.97 Å². The summed E-state index contributed by atoms with van der Waals surface area (Å²) in [6.07, 6.45) is 2.08. The Morgan fingerprint density at radius 2 is 2.12 bits per heavy atom. The standard InChI is InChI=1S/C11H7NO4/c13-6-7-1-2-8(12-5-7)9-3-4-10(16-9)11(14)15/h1-6H,(H,14,15). The highest BCUT2D eigenvalue weighted by Crippen LogP contribution is 2.19. The van der Waals surface area contributed by atoms with E-state index in [4.69, 9.17) is 9.52 Å². The number of furan rings is 1. The van der Waals surface area contributed by atoms with Crippen LogP contribution >= 0.6 is 0 Å². The smallest absolute Gasteiger partial charge is 0.371 e. The number of rotatable bonds is 3. The maximum Gasteiger partial charge on any atom is 0.371 e. The number of carboxylic acids is 1. The molecule has 5 nitrogen and oxygen atoms in total. The zero-order chi connectivity index (χ0) is 11.5. The fourth-order valence-corrected chi connectivity index (χ4v) is 1.21. The molecule has 0 radical (unpaired) electrons. The number of pyridine rings is 1. The van der Waals surface area contributed by atoms with E-state index < -0.39 is 5.97 Å². The molecule has 0 saturated carbocycles. The van der Waals surface area contributed by atoms with Crippen LogP contribution in [0.1, 0.15) is 20.9 Å². The normalized spacial score (nSPS) is 10.0. The van der Waals surface area contributed by atoms with Gasteiger partial charge in [0.25, 0.3) is 0 Å². The molecule has 0 aliphatic carbocycles. The lowest BCUT2D eigenvalue weighted by Crippen LogP contribution is -1.91. The van der Waals surface area contributed by atoms with Crippen molar-refractivity contribution in [3.63, 3.8) is 0 Å². The van der Waals surface area contributed by atoms with Crippen LogP contribution in [0.15, 0.2) is 34.9 Å². The van der Waals surface area contributed by atoms with E-state index in [0.717, 1.165) is 0 Å². The minimum atomic E-state index is -1.13. The van der Waals surface area contributed by atoms with Crippen molar-refractivity contribution in [3.05, 3.63) is 41.8 Å². The summed E-state index contributed by atoms with van der Waals surface area (Å²) < 4.78 is 5.05. The van der Waals surface area contributed by atoms with E-state index >= 15 is 0 Å². The molecule has 0 bridgehead atoms. The van der Waals surface area contributed by atoms with E-state index in [0.29, 0.717) is 23.3 Å². The van der Waals surface area contributed by atoms with Gasteiger partial charge in [-0.2, -0.15) is 0 Å². The van der Waals surface area contributed by atoms with Crippen LogP contribution in [0.4, 0.5) is 0 Å². The topological polar surface area (TPSA) is 80.4 Å². The fraction of sp³-hybridized carbons (Fsp3) is 0. The molecule has 0 aliphatic heterocycles. The number of nitrogens with zero attached hydrogens (tertiary/aromatic N) is 1. The summed E-state index contributed by atoms with van der Waals surface area (Å²) >= 11 is 0. The Hall–Kier alpha value is -2.43. The van der Waals surface area contributed by atoms with E-state index in [1.54, 1.807) is 12.1 Å². The van der Waals surface area contributed by atoms with Gasteiger partial charge in [-0.15, -0.1) is 0 Å². The molecule has 2 rings (SSSR count). The molecule has 2 aromatic heterocycles. The van der Waals surface area contributed by atoms with Crippen molar-refractivity contribution in [2.24, 2.45) is 0 Å². The molecule has 2 heterocycles. The summed E-state index contributed by atoms with van der Waals surface area (Å²) in [5, 5.41) is 8.67. The lowest BCUT2D eigenvalue weighted by molar-refractivity contribution is 0.0663. The molecule has 80 valence electrons. The summed E-state index contributed by atoms with van der Waals surface area (Å²) in [6.45, 7) is 0. The second-order valence-corrected chi connectivity index (χ2v) is 3.06. The van der Waals surface area contributed by atoms with Crippen molar-refractivity contribution < 1.29 is 19.1 Å². The van der Waals surface area contributed by atoms with Crippen LogP contribution in [0.25, 0.3) is 11.5 Å². The van der Waals surface area contributed by atoms with Gasteiger partial charge in [-0.3, -0.25) is 9.78 Å². The van der Waals surface area contributed by atoms with Gasteiger partial charge in [0.05, 0.1) is 0 Å². The molecule has 16 heavy (non-hydrogen) atoms. The molecule has 0 aliphatic rings. The molecule has 0 atom stereocenters. The van der Waals surface area contributed by atoms with Crippen LogP contribution in [0.2, 0.25) is 0 Å². The third-order valence-corrected chi connectivity index (χ3v) is 1.99. The average molecular weight is 217 g/mol. The van der Waals surface area contributed by atoms with Crippen LogP contribution in [-0.4, -0.2) is 22.3 Å². The zero-order valence-electron chi connectivity index (χ0n) is 8.08. The molecule has 0 aromatic carbocycles. The summed E-state index contributed by atoms with van der Waals surface area (Å²) in [6, 6.07) is 6.05. The van der Waals surface area contributed by atoms with Gasteiger partial charge in [0.2, 0.25) is 5.76 Å². The predicted octanol–water partition coefficient (Wildman–Crippen LogP) is 1.85. The number of hydrogen-bond acceptors (Lipinski definition) is 4. The molecular formula is C11H7NO4. The quantitative estimate of drug-likeness (QED) is 0.793. The third kappa shape index (κ3) is 1.83. The molecule has 2 aromatic rings. The second-order valence-electron chi connectivity index (χ2n) is 3.06. The van der Waals surface area contributed by atoms with Gasteiger partial charge in [0.15, 0.2) is 12.0 Å². The van der Waals surface area contributed by atoms with Gasteiger partial charge in [-0.05, 0) is 24.3 Å². The first kappa shape index (κ1) is 10.1. The Morgan fingerprint density at radius 1 is 1.31 bits per heavy atom. The van der Waals surface area contributed by atoms with Crippen LogP contribution in [0, 0.1) is 0 Å². The van der Waals surface area contributed by atoms with E-state index in [9.17, 15) is 9.59 Å². The highest BCUT2D eigenvalue weighted by molar-refractivity contribution is 5.85. The van der Waals surface area contributed by atoms with Gasteiger partial charge in [-0.25, -0.2) is 4.79 Å². The Balaban J connectivity index is 2.35. The summed E-state index contributed by atoms with van der Waals surface area (Å²) in [5.74, 6) is -0.915. The van der Waals surface area contributed by atoms with E-state index in [-0.39, 0.29) is 5.76 Å². The Labute approximate surface area is 90.3 Å². The first-order valence-corrected chi connectivity index (χ1v) is 4.45. The molecule has 0 unspecified atom stereocenters. The number of carbonyl (C=O) groups is 2. The number of hydrogen-bond donors (Lipinski definition) is 1. The van der Waals surface area contributed by atoms with Crippen molar-refractivity contribution >= 4 is 12.3 Å². The molecule has 0 spiro atoms. The van der Waals surface area contributed by atoms with Gasteiger partial charge in [-0.1, -0.05) is 0 Å². The molecule has 0 amide bonds. The number of aromatic nitrogens is 1. The van der Waals surface area contributed by atoms with Crippen LogP contribution in [-0.2, 0) is 0 Å². The maximum absolute atomic E-state index is 10.6. The van der Waals surface area contributed by atoms with Crippen molar-refractivity contribution in [1.82, 2.24) is 4.98 Å². The summed E-state index contributed by atoms with van der Waals surface area (Å²) in [7, 11) is 0. The number of aromatic carboxylic acids is 1. The largest absolute Gasteiger partial charge is 0.475 e. The summed E-state index contributed by atoms with van der Waals surface area (Å²) in [5.41, 5.74) is 0.937. The fourth-order valence-electron chi connectivity index (χ4n) is 1.21. The molecule has 5 heteroatoms. The lowest BCUT2D eigenvalue weighted by atomic mass is 10.2. The minimum absolute atomic E-state index is 0.142. The van der Waals surface area contributed by atoms with Crippen molar-refractivity contribution in [2.45, 2.75) is 0 Å². The Morgan fingerprint density at radius 3 is 2.62 bits per heavy atom. The van der Waals surface area contributed by atoms with E-state index in [2.05, 4.69) is 4.98 Å². The Bertz CT molecular complexity index is 527. The average Bonchev–Trinajstić information content (AvgIpc) is 2.78. The summed E-state index contributed by atoms with van der Waals surface area (Å²) in [4.78, 5) is 25.0. The predicted molar refractivity (Wildman–Crippen MR) is 54.3 cm³/mol. The van der Waals surface area contributed by atoms with Crippen LogP contribution < -0.4 is 0 Å². The SMILES string of the molecule is O=Cc1ccc(-c2ccc(C(=O)O)o2)nc1. The molecule has 0 saturated heterocycles. The molecule has 1 N–H and O–H groups in total. The monoisotopic (exact) mass is 217 g/mol. The van der Waals surface area contributed by atoms with Gasteiger partial charge in [0, 0.05) is 11.8 Å².